The summed E-state index contributed by atoms with van der Waals surface area (Å²) in [5.74, 6) is 0.329. The summed E-state index contributed by atoms with van der Waals surface area (Å²) < 4.78 is 0. The number of likely N-dealkylation sites (tertiary alicyclic amines) is 1. The molecule has 2 saturated heterocycles. The Kier molecular flexibility index (Phi) is 6.87. The molecule has 5 heteroatoms. The number of fused-ring (bicyclic) bond motifs is 1. The number of anilines is 1. The van der Waals surface area contributed by atoms with Crippen molar-refractivity contribution in [2.45, 2.75) is 50.4 Å². The molecule has 2 N–H and O–H groups in total. The largest absolute Gasteiger partial charge is 0.508 e. The smallest absolute Gasteiger partial charge is 0.317 e. The van der Waals surface area contributed by atoms with Gasteiger partial charge < -0.3 is 15.1 Å². The first-order chi connectivity index (χ1) is 18.5. The van der Waals surface area contributed by atoms with Gasteiger partial charge in [-0.05, 0) is 104 Å². The summed E-state index contributed by atoms with van der Waals surface area (Å²) in [7, 11) is 0. The molecular weight excluding hydrogens is 472 g/mol. The predicted octanol–water partition coefficient (Wildman–Crippen LogP) is 6.02. The molecule has 3 aromatic rings. The summed E-state index contributed by atoms with van der Waals surface area (Å²) in [6, 6.07) is 26.0. The summed E-state index contributed by atoms with van der Waals surface area (Å²) in [5.41, 5.74) is 7.01. The fourth-order valence-electron chi connectivity index (χ4n) is 7.37. The lowest BCUT2D eigenvalue weighted by molar-refractivity contribution is -0.138. The number of carboxylic acids is 1. The van der Waals surface area contributed by atoms with E-state index in [-0.39, 0.29) is 12.5 Å². The van der Waals surface area contributed by atoms with E-state index in [4.69, 9.17) is 5.11 Å². The SMILES string of the molecule is O=C(O)CN1CCCC2(CCC1)CN(c1ccc([C@@H]3c4ccc(O)cc4CC[C@@H]3c3ccccc3)cc1)C2. The van der Waals surface area contributed by atoms with E-state index in [0.29, 0.717) is 17.1 Å². The van der Waals surface area contributed by atoms with Crippen LogP contribution in [-0.2, 0) is 11.2 Å². The fourth-order valence-corrected chi connectivity index (χ4v) is 7.37. The second-order valence-corrected chi connectivity index (χ2v) is 11.7. The van der Waals surface area contributed by atoms with Crippen LogP contribution in [0.15, 0.2) is 72.8 Å². The molecule has 5 nitrogen and oxygen atoms in total. The highest BCUT2D eigenvalue weighted by Gasteiger charge is 2.43. The van der Waals surface area contributed by atoms with Gasteiger partial charge in [0.15, 0.2) is 0 Å². The van der Waals surface area contributed by atoms with E-state index >= 15 is 0 Å². The maximum atomic E-state index is 11.1. The topological polar surface area (TPSA) is 64.0 Å². The molecule has 1 aliphatic carbocycles. The maximum Gasteiger partial charge on any atom is 0.317 e. The van der Waals surface area contributed by atoms with Crippen LogP contribution in [0.4, 0.5) is 5.69 Å². The maximum absolute atomic E-state index is 11.1. The van der Waals surface area contributed by atoms with E-state index < -0.39 is 5.97 Å². The zero-order valence-corrected chi connectivity index (χ0v) is 22.1. The monoisotopic (exact) mass is 510 g/mol. The van der Waals surface area contributed by atoms with Crippen molar-refractivity contribution >= 4 is 11.7 Å². The van der Waals surface area contributed by atoms with Crippen LogP contribution in [-0.4, -0.2) is 53.8 Å². The average molecular weight is 511 g/mol. The minimum absolute atomic E-state index is 0.170. The van der Waals surface area contributed by atoms with E-state index in [9.17, 15) is 9.90 Å². The Morgan fingerprint density at radius 2 is 1.61 bits per heavy atom. The van der Waals surface area contributed by atoms with Crippen LogP contribution in [0.3, 0.4) is 0 Å². The van der Waals surface area contributed by atoms with Crippen LogP contribution in [0.1, 0.15) is 66.2 Å². The van der Waals surface area contributed by atoms with Crippen molar-refractivity contribution in [1.82, 2.24) is 4.90 Å². The number of carbonyl (C=O) groups is 1. The lowest BCUT2D eigenvalue weighted by Crippen LogP contribution is -2.57. The normalized spacial score (nSPS) is 23.2. The average Bonchev–Trinajstić information content (AvgIpc) is 2.89. The van der Waals surface area contributed by atoms with Gasteiger partial charge in [0.25, 0.3) is 0 Å². The van der Waals surface area contributed by atoms with Crippen LogP contribution < -0.4 is 4.90 Å². The van der Waals surface area contributed by atoms with Crippen LogP contribution in [0, 0.1) is 5.41 Å². The molecule has 2 aliphatic heterocycles. The second kappa shape index (κ2) is 10.5. The van der Waals surface area contributed by atoms with Gasteiger partial charge in [-0.2, -0.15) is 0 Å². The van der Waals surface area contributed by atoms with Gasteiger partial charge in [0.2, 0.25) is 0 Å². The molecule has 3 aliphatic rings. The Labute approximate surface area is 225 Å². The summed E-state index contributed by atoms with van der Waals surface area (Å²) in [4.78, 5) is 15.7. The zero-order valence-electron chi connectivity index (χ0n) is 22.1. The number of hydrogen-bond donors (Lipinski definition) is 2. The lowest BCUT2D eigenvalue weighted by atomic mass is 9.69. The molecule has 1 spiro atoms. The third kappa shape index (κ3) is 5.04. The summed E-state index contributed by atoms with van der Waals surface area (Å²) in [5, 5.41) is 19.2. The highest BCUT2D eigenvalue weighted by molar-refractivity contribution is 5.69. The van der Waals surface area contributed by atoms with Crippen molar-refractivity contribution in [3.8, 4) is 5.75 Å². The molecule has 0 radical (unpaired) electrons. The Hall–Kier alpha value is -3.31. The number of benzene rings is 3. The highest BCUT2D eigenvalue weighted by Crippen LogP contribution is 2.48. The number of carboxylic acid groups (broad SMARTS) is 1. The Bertz CT molecular complexity index is 1260. The van der Waals surface area contributed by atoms with Crippen molar-refractivity contribution in [3.05, 3.63) is 95.1 Å². The van der Waals surface area contributed by atoms with Gasteiger partial charge in [-0.3, -0.25) is 9.69 Å². The lowest BCUT2D eigenvalue weighted by Gasteiger charge is -2.53. The quantitative estimate of drug-likeness (QED) is 0.439. The van der Waals surface area contributed by atoms with Gasteiger partial charge >= 0.3 is 5.97 Å². The van der Waals surface area contributed by atoms with Gasteiger partial charge in [0.1, 0.15) is 5.75 Å². The summed E-state index contributed by atoms with van der Waals surface area (Å²) in [6.45, 7) is 4.16. The van der Waals surface area contributed by atoms with Crippen molar-refractivity contribution in [2.24, 2.45) is 5.41 Å². The Balaban J connectivity index is 1.17. The Morgan fingerprint density at radius 3 is 2.29 bits per heavy atom. The van der Waals surface area contributed by atoms with Gasteiger partial charge in [-0.25, -0.2) is 0 Å². The molecule has 2 atom stereocenters. The molecule has 6 rings (SSSR count). The van der Waals surface area contributed by atoms with E-state index in [1.807, 2.05) is 12.1 Å². The first kappa shape index (κ1) is 25.0. The molecule has 0 aromatic heterocycles. The third-order valence-electron chi connectivity index (χ3n) is 9.21. The van der Waals surface area contributed by atoms with E-state index in [1.165, 1.54) is 40.8 Å². The van der Waals surface area contributed by atoms with Gasteiger partial charge in [0, 0.05) is 30.1 Å². The molecule has 198 valence electrons. The van der Waals surface area contributed by atoms with Crippen molar-refractivity contribution < 1.29 is 15.0 Å². The molecule has 0 bridgehead atoms. The van der Waals surface area contributed by atoms with Gasteiger partial charge in [0.05, 0.1) is 6.54 Å². The van der Waals surface area contributed by atoms with E-state index in [0.717, 1.165) is 51.9 Å². The standard InChI is InChI=1S/C33H38N2O3/c36-28-13-15-30-26(20-28)10-14-29(24-6-2-1-3-7-24)32(30)25-8-11-27(12-9-25)35-22-33(23-35)16-4-18-34(19-5-17-33)21-31(37)38/h1-3,6-9,11-13,15,20,29,32,36H,4-5,10,14,16-19,21-23H2,(H,37,38)/t29-,32+/m1/s1. The number of hydrogen-bond acceptors (Lipinski definition) is 4. The van der Waals surface area contributed by atoms with Crippen molar-refractivity contribution in [2.75, 3.05) is 37.6 Å². The van der Waals surface area contributed by atoms with E-state index in [2.05, 4.69) is 70.5 Å². The van der Waals surface area contributed by atoms with Gasteiger partial charge in [-0.15, -0.1) is 0 Å². The number of nitrogens with zero attached hydrogens (tertiary/aromatic N) is 2. The van der Waals surface area contributed by atoms with Crippen molar-refractivity contribution in [3.63, 3.8) is 0 Å². The van der Waals surface area contributed by atoms with Crippen molar-refractivity contribution in [1.29, 1.82) is 0 Å². The Morgan fingerprint density at radius 1 is 0.895 bits per heavy atom. The summed E-state index contributed by atoms with van der Waals surface area (Å²) >= 11 is 0. The number of aromatic hydroxyl groups is 1. The number of rotatable bonds is 5. The van der Waals surface area contributed by atoms with E-state index in [1.54, 1.807) is 0 Å². The zero-order chi connectivity index (χ0) is 26.1. The minimum Gasteiger partial charge on any atom is -0.508 e. The molecule has 0 unspecified atom stereocenters. The molecule has 38 heavy (non-hydrogen) atoms. The fraction of sp³-hybridized carbons (Fsp3) is 0.424. The van der Waals surface area contributed by atoms with Crippen LogP contribution >= 0.6 is 0 Å². The van der Waals surface area contributed by atoms with Crippen LogP contribution in [0.5, 0.6) is 5.75 Å². The molecule has 0 saturated carbocycles. The summed E-state index contributed by atoms with van der Waals surface area (Å²) in [6.07, 6.45) is 6.59. The minimum atomic E-state index is -0.719. The van der Waals surface area contributed by atoms with Crippen LogP contribution in [0.25, 0.3) is 0 Å². The molecule has 3 aromatic carbocycles. The molecular formula is C33H38N2O3. The molecule has 2 fully saturated rings. The first-order valence-corrected chi connectivity index (χ1v) is 14.2. The van der Waals surface area contributed by atoms with Crippen LogP contribution in [0.2, 0.25) is 0 Å². The number of phenolic OH excluding ortho intramolecular Hbond substituents is 1. The molecule has 0 amide bonds. The number of phenols is 1. The van der Waals surface area contributed by atoms with Gasteiger partial charge in [-0.1, -0.05) is 48.5 Å². The predicted molar refractivity (Wildman–Crippen MR) is 151 cm³/mol. The molecule has 2 heterocycles. The number of aliphatic carboxylic acids is 1. The third-order valence-corrected chi connectivity index (χ3v) is 9.21. The highest BCUT2D eigenvalue weighted by atomic mass is 16.4. The first-order valence-electron chi connectivity index (χ1n) is 14.2. The second-order valence-electron chi connectivity index (χ2n) is 11.7. The number of aryl methyl sites for hydroxylation is 1.